The van der Waals surface area contributed by atoms with Gasteiger partial charge in [0.25, 0.3) is 0 Å². The maximum Gasteiger partial charge on any atom is 0.160 e. The maximum atomic E-state index is 5.82. The third kappa shape index (κ3) is 3.43. The molecule has 4 heteroatoms. The topological polar surface area (TPSA) is 47.0 Å². The molecule has 0 radical (unpaired) electrons. The molecular weight excluding hydrogens is 262 g/mol. The molecular formula is C17H29N3O. The van der Waals surface area contributed by atoms with Crippen molar-refractivity contribution in [1.82, 2.24) is 15.3 Å². The highest BCUT2D eigenvalue weighted by Gasteiger charge is 2.39. The summed E-state index contributed by atoms with van der Waals surface area (Å²) < 4.78 is 5.82. The Morgan fingerprint density at radius 2 is 1.76 bits per heavy atom. The van der Waals surface area contributed by atoms with E-state index in [9.17, 15) is 0 Å². The molecule has 21 heavy (non-hydrogen) atoms. The molecule has 0 aliphatic heterocycles. The van der Waals surface area contributed by atoms with E-state index in [0.717, 1.165) is 43.0 Å². The van der Waals surface area contributed by atoms with Crippen LogP contribution in [0.4, 0.5) is 0 Å². The Kier molecular flexibility index (Phi) is 5.33. The van der Waals surface area contributed by atoms with Gasteiger partial charge in [-0.3, -0.25) is 0 Å². The molecule has 1 unspecified atom stereocenters. The molecule has 0 aromatic carbocycles. The summed E-state index contributed by atoms with van der Waals surface area (Å²) in [5.41, 5.74) is 3.28. The van der Waals surface area contributed by atoms with Gasteiger partial charge in [0.2, 0.25) is 0 Å². The Morgan fingerprint density at radius 1 is 1.19 bits per heavy atom. The smallest absolute Gasteiger partial charge is 0.160 e. The number of nitrogens with one attached hydrogen (secondary N) is 1. The fourth-order valence-corrected chi connectivity index (χ4v) is 3.47. The van der Waals surface area contributed by atoms with Crippen molar-refractivity contribution in [2.75, 3.05) is 20.7 Å². The molecule has 4 nitrogen and oxygen atoms in total. The summed E-state index contributed by atoms with van der Waals surface area (Å²) in [6.07, 6.45) is 5.51. The molecule has 1 atom stereocenters. The Labute approximate surface area is 128 Å². The average molecular weight is 291 g/mol. The molecule has 1 aliphatic rings. The highest BCUT2D eigenvalue weighted by atomic mass is 16.5. The van der Waals surface area contributed by atoms with Crippen LogP contribution in [0.15, 0.2) is 0 Å². The van der Waals surface area contributed by atoms with Crippen molar-refractivity contribution in [3.8, 4) is 0 Å². The van der Waals surface area contributed by atoms with Crippen molar-refractivity contribution in [1.29, 1.82) is 0 Å². The van der Waals surface area contributed by atoms with Crippen molar-refractivity contribution in [2.45, 2.75) is 58.5 Å². The first-order valence-electron chi connectivity index (χ1n) is 8.06. The minimum absolute atomic E-state index is 0.245. The van der Waals surface area contributed by atoms with E-state index in [2.05, 4.69) is 26.1 Å². The van der Waals surface area contributed by atoms with Crippen LogP contribution in [0.5, 0.6) is 0 Å². The third-order valence-corrected chi connectivity index (χ3v) is 4.74. The first-order valence-corrected chi connectivity index (χ1v) is 8.06. The molecule has 1 aromatic rings. The van der Waals surface area contributed by atoms with E-state index in [-0.39, 0.29) is 5.60 Å². The van der Waals surface area contributed by atoms with E-state index in [0.29, 0.717) is 5.92 Å². The second kappa shape index (κ2) is 6.84. The fraction of sp³-hybridized carbons (Fsp3) is 0.765. The van der Waals surface area contributed by atoms with Crippen molar-refractivity contribution in [2.24, 2.45) is 5.92 Å². The highest BCUT2D eigenvalue weighted by molar-refractivity contribution is 5.26. The molecule has 1 aliphatic carbocycles. The number of hydrogen-bond acceptors (Lipinski definition) is 4. The van der Waals surface area contributed by atoms with E-state index in [1.807, 2.05) is 7.05 Å². The zero-order valence-corrected chi connectivity index (χ0v) is 14.1. The predicted molar refractivity (Wildman–Crippen MR) is 85.5 cm³/mol. The molecule has 2 rings (SSSR count). The zero-order valence-electron chi connectivity index (χ0n) is 14.1. The van der Waals surface area contributed by atoms with Crippen LogP contribution in [0.25, 0.3) is 0 Å². The van der Waals surface area contributed by atoms with Crippen LogP contribution >= 0.6 is 0 Å². The lowest BCUT2D eigenvalue weighted by atomic mass is 9.96. The SMILES string of the molecule is CNCC(C)Cc1c(C)nc(C2(OC)CCCC2)nc1C. The van der Waals surface area contributed by atoms with Gasteiger partial charge in [0.05, 0.1) is 0 Å². The molecule has 0 saturated heterocycles. The van der Waals surface area contributed by atoms with Crippen molar-refractivity contribution in [3.63, 3.8) is 0 Å². The largest absolute Gasteiger partial charge is 0.370 e. The lowest BCUT2D eigenvalue weighted by molar-refractivity contribution is -0.0166. The maximum absolute atomic E-state index is 5.82. The first-order chi connectivity index (χ1) is 10.0. The Balaban J connectivity index is 2.28. The van der Waals surface area contributed by atoms with Gasteiger partial charge in [0.15, 0.2) is 5.82 Å². The second-order valence-electron chi connectivity index (χ2n) is 6.47. The minimum Gasteiger partial charge on any atom is -0.370 e. The van der Waals surface area contributed by atoms with Crippen LogP contribution in [0.1, 0.15) is 55.4 Å². The Morgan fingerprint density at radius 3 is 2.24 bits per heavy atom. The number of ether oxygens (including phenoxy) is 1. The Bertz CT molecular complexity index is 458. The summed E-state index contributed by atoms with van der Waals surface area (Å²) in [6.45, 7) is 7.50. The van der Waals surface area contributed by atoms with Crippen LogP contribution < -0.4 is 5.32 Å². The normalized spacial score (nSPS) is 18.9. The number of hydrogen-bond donors (Lipinski definition) is 1. The van der Waals surface area contributed by atoms with E-state index < -0.39 is 0 Å². The monoisotopic (exact) mass is 291 g/mol. The van der Waals surface area contributed by atoms with Gasteiger partial charge in [-0.05, 0) is 71.0 Å². The third-order valence-electron chi connectivity index (χ3n) is 4.74. The number of nitrogens with zero attached hydrogens (tertiary/aromatic N) is 2. The van der Waals surface area contributed by atoms with Gasteiger partial charge in [-0.2, -0.15) is 0 Å². The van der Waals surface area contributed by atoms with Gasteiger partial charge in [0, 0.05) is 18.5 Å². The summed E-state index contributed by atoms with van der Waals surface area (Å²) >= 11 is 0. The molecule has 1 saturated carbocycles. The number of aryl methyl sites for hydroxylation is 2. The van der Waals surface area contributed by atoms with E-state index in [4.69, 9.17) is 14.7 Å². The van der Waals surface area contributed by atoms with Crippen molar-refractivity contribution in [3.05, 3.63) is 22.8 Å². The molecule has 0 amide bonds. The van der Waals surface area contributed by atoms with E-state index >= 15 is 0 Å². The fourth-order valence-electron chi connectivity index (χ4n) is 3.47. The number of aromatic nitrogens is 2. The molecule has 1 aromatic heterocycles. The van der Waals surface area contributed by atoms with Crippen LogP contribution in [0, 0.1) is 19.8 Å². The van der Waals surface area contributed by atoms with Crippen LogP contribution in [0.3, 0.4) is 0 Å². The molecule has 1 N–H and O–H groups in total. The highest BCUT2D eigenvalue weighted by Crippen LogP contribution is 2.40. The predicted octanol–water partition coefficient (Wildman–Crippen LogP) is 2.91. The van der Waals surface area contributed by atoms with Gasteiger partial charge in [-0.15, -0.1) is 0 Å². The standard InChI is InChI=1S/C17H29N3O/c1-12(11-18-4)10-15-13(2)19-16(20-14(15)3)17(21-5)8-6-7-9-17/h12,18H,6-11H2,1-5H3. The van der Waals surface area contributed by atoms with Crippen molar-refractivity contribution < 1.29 is 4.74 Å². The number of rotatable bonds is 6. The molecule has 0 spiro atoms. The van der Waals surface area contributed by atoms with Gasteiger partial charge in [-0.1, -0.05) is 6.92 Å². The lowest BCUT2D eigenvalue weighted by Gasteiger charge is -2.27. The minimum atomic E-state index is -0.245. The molecule has 0 bridgehead atoms. The number of methoxy groups -OCH3 is 1. The van der Waals surface area contributed by atoms with E-state index in [1.165, 1.54) is 18.4 Å². The van der Waals surface area contributed by atoms with Gasteiger partial charge < -0.3 is 10.1 Å². The molecule has 1 heterocycles. The summed E-state index contributed by atoms with van der Waals surface area (Å²) in [5, 5.41) is 3.24. The van der Waals surface area contributed by atoms with E-state index in [1.54, 1.807) is 7.11 Å². The van der Waals surface area contributed by atoms with Crippen molar-refractivity contribution >= 4 is 0 Å². The summed E-state index contributed by atoms with van der Waals surface area (Å²) in [4.78, 5) is 9.63. The summed E-state index contributed by atoms with van der Waals surface area (Å²) in [6, 6.07) is 0. The molecule has 118 valence electrons. The Hall–Kier alpha value is -1.00. The summed E-state index contributed by atoms with van der Waals surface area (Å²) in [5.74, 6) is 1.48. The first kappa shape index (κ1) is 16.4. The second-order valence-corrected chi connectivity index (χ2v) is 6.47. The lowest BCUT2D eigenvalue weighted by Crippen LogP contribution is -2.29. The quantitative estimate of drug-likeness (QED) is 0.875. The summed E-state index contributed by atoms with van der Waals surface area (Å²) in [7, 11) is 3.79. The molecule has 1 fully saturated rings. The van der Waals surface area contributed by atoms with Gasteiger partial charge in [-0.25, -0.2) is 9.97 Å². The van der Waals surface area contributed by atoms with Gasteiger partial charge >= 0.3 is 0 Å². The average Bonchev–Trinajstić information content (AvgIpc) is 2.93. The van der Waals surface area contributed by atoms with Crippen LogP contribution in [-0.4, -0.2) is 30.7 Å². The van der Waals surface area contributed by atoms with Crippen LogP contribution in [0.2, 0.25) is 0 Å². The van der Waals surface area contributed by atoms with Gasteiger partial charge in [0.1, 0.15) is 5.60 Å². The zero-order chi connectivity index (χ0) is 15.5. The van der Waals surface area contributed by atoms with Crippen LogP contribution in [-0.2, 0) is 16.8 Å².